The fraction of sp³-hybridized carbons (Fsp3) is 0.333. The zero-order valence-electron chi connectivity index (χ0n) is 9.90. The van der Waals surface area contributed by atoms with Gasteiger partial charge in [0, 0.05) is 13.1 Å². The van der Waals surface area contributed by atoms with Gasteiger partial charge in [0.2, 0.25) is 0 Å². The van der Waals surface area contributed by atoms with Crippen LogP contribution >= 0.6 is 11.6 Å². The van der Waals surface area contributed by atoms with E-state index in [0.717, 1.165) is 5.57 Å². The fourth-order valence-corrected chi connectivity index (χ4v) is 1.65. The van der Waals surface area contributed by atoms with E-state index >= 15 is 0 Å². The SMILES string of the molecule is C=C(C)CN(CC)c1cc(C(=O)O)cc(Cl)n1. The monoisotopic (exact) mass is 254 g/mol. The van der Waals surface area contributed by atoms with E-state index in [1.54, 1.807) is 0 Å². The lowest BCUT2D eigenvalue weighted by Gasteiger charge is -2.22. The van der Waals surface area contributed by atoms with Gasteiger partial charge in [-0.25, -0.2) is 9.78 Å². The molecule has 5 heteroatoms. The van der Waals surface area contributed by atoms with E-state index < -0.39 is 5.97 Å². The van der Waals surface area contributed by atoms with Gasteiger partial charge in [-0.05, 0) is 26.0 Å². The van der Waals surface area contributed by atoms with Gasteiger partial charge in [0.05, 0.1) is 5.56 Å². The Bertz CT molecular complexity index is 446. The van der Waals surface area contributed by atoms with Crippen LogP contribution in [0.4, 0.5) is 5.82 Å². The topological polar surface area (TPSA) is 53.4 Å². The molecule has 0 aliphatic carbocycles. The quantitative estimate of drug-likeness (QED) is 0.649. The molecule has 0 aliphatic rings. The molecule has 1 aromatic rings. The molecule has 0 fully saturated rings. The number of halogens is 1. The molecule has 0 bridgehead atoms. The van der Waals surface area contributed by atoms with Crippen molar-refractivity contribution in [3.8, 4) is 0 Å². The maximum absolute atomic E-state index is 10.9. The van der Waals surface area contributed by atoms with Crippen molar-refractivity contribution in [3.63, 3.8) is 0 Å². The molecule has 92 valence electrons. The summed E-state index contributed by atoms with van der Waals surface area (Å²) < 4.78 is 0. The first-order chi connectivity index (χ1) is 7.93. The van der Waals surface area contributed by atoms with Crippen LogP contribution in [0.2, 0.25) is 5.15 Å². The number of hydrogen-bond acceptors (Lipinski definition) is 3. The van der Waals surface area contributed by atoms with Crippen LogP contribution in [-0.4, -0.2) is 29.1 Å². The summed E-state index contributed by atoms with van der Waals surface area (Å²) in [6.07, 6.45) is 0. The Morgan fingerprint density at radius 3 is 2.71 bits per heavy atom. The van der Waals surface area contributed by atoms with Gasteiger partial charge in [0.1, 0.15) is 11.0 Å². The van der Waals surface area contributed by atoms with E-state index in [0.29, 0.717) is 18.9 Å². The molecule has 1 aromatic heterocycles. The lowest BCUT2D eigenvalue weighted by Crippen LogP contribution is -2.25. The number of hydrogen-bond donors (Lipinski definition) is 1. The highest BCUT2D eigenvalue weighted by Gasteiger charge is 2.12. The highest BCUT2D eigenvalue weighted by atomic mass is 35.5. The standard InChI is InChI=1S/C12H15ClN2O2/c1-4-15(7-8(2)3)11-6-9(12(16)17)5-10(13)14-11/h5-6H,2,4,7H2,1,3H3,(H,16,17). The van der Waals surface area contributed by atoms with Crippen LogP contribution in [0.5, 0.6) is 0 Å². The summed E-state index contributed by atoms with van der Waals surface area (Å²) in [4.78, 5) is 17.0. The number of carboxylic acid groups (broad SMARTS) is 1. The predicted molar refractivity (Wildman–Crippen MR) is 68.9 cm³/mol. The summed E-state index contributed by atoms with van der Waals surface area (Å²) in [6, 6.07) is 2.85. The van der Waals surface area contributed by atoms with E-state index in [4.69, 9.17) is 16.7 Å². The molecule has 17 heavy (non-hydrogen) atoms. The van der Waals surface area contributed by atoms with Crippen molar-refractivity contribution in [2.75, 3.05) is 18.0 Å². The average molecular weight is 255 g/mol. The second kappa shape index (κ2) is 5.68. The molecular weight excluding hydrogens is 240 g/mol. The number of carbonyl (C=O) groups is 1. The van der Waals surface area contributed by atoms with Crippen LogP contribution < -0.4 is 4.90 Å². The Hall–Kier alpha value is -1.55. The second-order valence-electron chi connectivity index (χ2n) is 3.81. The highest BCUT2D eigenvalue weighted by molar-refractivity contribution is 6.29. The van der Waals surface area contributed by atoms with E-state index in [2.05, 4.69) is 11.6 Å². The van der Waals surface area contributed by atoms with Crippen molar-refractivity contribution in [2.45, 2.75) is 13.8 Å². The molecule has 1 N–H and O–H groups in total. The fourth-order valence-electron chi connectivity index (χ4n) is 1.45. The van der Waals surface area contributed by atoms with Crippen molar-refractivity contribution in [1.29, 1.82) is 0 Å². The molecule has 1 rings (SSSR count). The first kappa shape index (κ1) is 13.5. The van der Waals surface area contributed by atoms with Crippen molar-refractivity contribution in [1.82, 2.24) is 4.98 Å². The van der Waals surface area contributed by atoms with Crippen LogP contribution in [0.25, 0.3) is 0 Å². The lowest BCUT2D eigenvalue weighted by molar-refractivity contribution is 0.0697. The number of nitrogens with zero attached hydrogens (tertiary/aromatic N) is 2. The van der Waals surface area contributed by atoms with Crippen LogP contribution in [0.1, 0.15) is 24.2 Å². The summed E-state index contributed by atoms with van der Waals surface area (Å²) in [7, 11) is 0. The highest BCUT2D eigenvalue weighted by Crippen LogP contribution is 2.19. The molecule has 0 spiro atoms. The van der Waals surface area contributed by atoms with Crippen molar-refractivity contribution < 1.29 is 9.90 Å². The normalized spacial score (nSPS) is 10.1. The molecule has 0 radical (unpaired) electrons. The summed E-state index contributed by atoms with van der Waals surface area (Å²) >= 11 is 5.81. The van der Waals surface area contributed by atoms with Crippen LogP contribution in [-0.2, 0) is 0 Å². The van der Waals surface area contributed by atoms with Gasteiger partial charge in [-0.15, -0.1) is 0 Å². The Morgan fingerprint density at radius 1 is 1.59 bits per heavy atom. The van der Waals surface area contributed by atoms with Gasteiger partial charge >= 0.3 is 5.97 Å². The molecule has 0 aliphatic heterocycles. The van der Waals surface area contributed by atoms with Crippen LogP contribution in [0, 0.1) is 0 Å². The van der Waals surface area contributed by atoms with E-state index in [1.807, 2.05) is 18.7 Å². The number of anilines is 1. The minimum Gasteiger partial charge on any atom is -0.478 e. The first-order valence-electron chi connectivity index (χ1n) is 5.24. The largest absolute Gasteiger partial charge is 0.478 e. The maximum Gasteiger partial charge on any atom is 0.335 e. The third-order valence-corrected chi connectivity index (χ3v) is 2.39. The Labute approximate surface area is 106 Å². The third-order valence-electron chi connectivity index (χ3n) is 2.19. The minimum absolute atomic E-state index is 0.139. The lowest BCUT2D eigenvalue weighted by atomic mass is 10.2. The molecule has 0 aromatic carbocycles. The smallest absolute Gasteiger partial charge is 0.335 e. The summed E-state index contributed by atoms with van der Waals surface area (Å²) in [5.41, 5.74) is 1.12. The van der Waals surface area contributed by atoms with E-state index in [9.17, 15) is 4.79 Å². The third kappa shape index (κ3) is 3.75. The Balaban J connectivity index is 3.10. The van der Waals surface area contributed by atoms with Gasteiger partial charge < -0.3 is 10.0 Å². The van der Waals surface area contributed by atoms with Gasteiger partial charge in [-0.1, -0.05) is 23.8 Å². The molecular formula is C12H15ClN2O2. The molecule has 0 saturated carbocycles. The molecule has 0 amide bonds. The Morgan fingerprint density at radius 2 is 2.24 bits per heavy atom. The number of aromatic nitrogens is 1. The van der Waals surface area contributed by atoms with Gasteiger partial charge in [0.15, 0.2) is 0 Å². The number of pyridine rings is 1. The van der Waals surface area contributed by atoms with Gasteiger partial charge in [0.25, 0.3) is 0 Å². The molecule has 0 saturated heterocycles. The summed E-state index contributed by atoms with van der Waals surface area (Å²) in [5.74, 6) is -0.456. The van der Waals surface area contributed by atoms with Crippen molar-refractivity contribution in [3.05, 3.63) is 35.0 Å². The number of aromatic carboxylic acids is 1. The molecule has 4 nitrogen and oxygen atoms in total. The summed E-state index contributed by atoms with van der Waals surface area (Å²) in [5, 5.41) is 9.13. The van der Waals surface area contributed by atoms with Gasteiger partial charge in [-0.3, -0.25) is 0 Å². The first-order valence-corrected chi connectivity index (χ1v) is 5.62. The number of carboxylic acids is 1. The molecule has 0 unspecified atom stereocenters. The van der Waals surface area contributed by atoms with Gasteiger partial charge in [-0.2, -0.15) is 0 Å². The number of rotatable bonds is 5. The Kier molecular flexibility index (Phi) is 4.52. The van der Waals surface area contributed by atoms with E-state index in [1.165, 1.54) is 12.1 Å². The molecule has 1 heterocycles. The van der Waals surface area contributed by atoms with Crippen molar-refractivity contribution in [2.24, 2.45) is 0 Å². The van der Waals surface area contributed by atoms with Crippen LogP contribution in [0.15, 0.2) is 24.3 Å². The van der Waals surface area contributed by atoms with Crippen LogP contribution in [0.3, 0.4) is 0 Å². The predicted octanol–water partition coefficient (Wildman–Crippen LogP) is 2.84. The second-order valence-corrected chi connectivity index (χ2v) is 4.20. The average Bonchev–Trinajstić information content (AvgIpc) is 2.24. The maximum atomic E-state index is 10.9. The zero-order chi connectivity index (χ0) is 13.0. The zero-order valence-corrected chi connectivity index (χ0v) is 10.7. The minimum atomic E-state index is -1.01. The van der Waals surface area contributed by atoms with Crippen molar-refractivity contribution >= 4 is 23.4 Å². The summed E-state index contributed by atoms with van der Waals surface area (Å²) in [6.45, 7) is 9.04. The molecule has 0 atom stereocenters. The number of likely N-dealkylation sites (N-methyl/N-ethyl adjacent to an activating group) is 1. The van der Waals surface area contributed by atoms with E-state index in [-0.39, 0.29) is 10.7 Å².